The van der Waals surface area contributed by atoms with Crippen LogP contribution in [0.5, 0.6) is 0 Å². The van der Waals surface area contributed by atoms with Crippen molar-refractivity contribution in [3.05, 3.63) is 32.3 Å². The Morgan fingerprint density at radius 3 is 2.21 bits per heavy atom. The third-order valence-electron chi connectivity index (χ3n) is 2.20. The fourth-order valence-corrected chi connectivity index (χ4v) is 2.43. The van der Waals surface area contributed by atoms with Crippen molar-refractivity contribution in [1.82, 2.24) is 0 Å². The van der Waals surface area contributed by atoms with Gasteiger partial charge in [-0.25, -0.2) is 0 Å². The molecule has 0 spiro atoms. The van der Waals surface area contributed by atoms with E-state index in [-0.39, 0.29) is 0 Å². The molecule has 0 atom stereocenters. The summed E-state index contributed by atoms with van der Waals surface area (Å²) < 4.78 is 0. The molecule has 3 heteroatoms. The minimum Gasteiger partial charge on any atom is -0.0837 e. The molecule has 14 heavy (non-hydrogen) atoms. The van der Waals surface area contributed by atoms with Crippen molar-refractivity contribution in [2.24, 2.45) is 0 Å². The molecule has 0 heterocycles. The van der Waals surface area contributed by atoms with Gasteiger partial charge in [0.1, 0.15) is 0 Å². The zero-order valence-electron chi connectivity index (χ0n) is 8.33. The SMILES string of the molecule is CCCc1cc(Cl)c(Cl)c(CC)c1Cl. The van der Waals surface area contributed by atoms with Crippen LogP contribution in [0.2, 0.25) is 15.1 Å². The first-order chi connectivity index (χ1) is 6.61. The average Bonchev–Trinajstić information content (AvgIpc) is 2.16. The molecule has 0 aliphatic rings. The van der Waals surface area contributed by atoms with E-state index >= 15 is 0 Å². The molecule has 0 N–H and O–H groups in total. The van der Waals surface area contributed by atoms with E-state index in [1.54, 1.807) is 0 Å². The monoisotopic (exact) mass is 250 g/mol. The van der Waals surface area contributed by atoms with Crippen molar-refractivity contribution in [3.63, 3.8) is 0 Å². The Bertz CT molecular complexity index is 332. The summed E-state index contributed by atoms with van der Waals surface area (Å²) in [5.74, 6) is 0. The fraction of sp³-hybridized carbons (Fsp3) is 0.455. The molecule has 0 aliphatic heterocycles. The lowest BCUT2D eigenvalue weighted by Crippen LogP contribution is -1.93. The number of hydrogen-bond acceptors (Lipinski definition) is 0. The van der Waals surface area contributed by atoms with Crippen molar-refractivity contribution in [3.8, 4) is 0 Å². The minimum absolute atomic E-state index is 0.596. The molecule has 0 aliphatic carbocycles. The lowest BCUT2D eigenvalue weighted by atomic mass is 10.0. The number of rotatable bonds is 3. The van der Waals surface area contributed by atoms with Crippen LogP contribution in [0.4, 0.5) is 0 Å². The molecular formula is C11H13Cl3. The van der Waals surface area contributed by atoms with Gasteiger partial charge in [-0.15, -0.1) is 0 Å². The van der Waals surface area contributed by atoms with Gasteiger partial charge in [-0.1, -0.05) is 55.1 Å². The molecule has 0 bridgehead atoms. The Balaban J connectivity index is 3.27. The fourth-order valence-electron chi connectivity index (χ4n) is 1.48. The van der Waals surface area contributed by atoms with Crippen molar-refractivity contribution in [1.29, 1.82) is 0 Å². The first-order valence-electron chi connectivity index (χ1n) is 4.77. The lowest BCUT2D eigenvalue weighted by molar-refractivity contribution is 0.917. The molecule has 1 aromatic rings. The van der Waals surface area contributed by atoms with E-state index in [2.05, 4.69) is 6.92 Å². The van der Waals surface area contributed by atoms with E-state index < -0.39 is 0 Å². The van der Waals surface area contributed by atoms with E-state index in [0.717, 1.165) is 35.4 Å². The zero-order chi connectivity index (χ0) is 10.7. The molecule has 78 valence electrons. The number of hydrogen-bond donors (Lipinski definition) is 0. The Hall–Kier alpha value is 0.0900. The quantitative estimate of drug-likeness (QED) is 0.651. The maximum absolute atomic E-state index is 6.22. The van der Waals surface area contributed by atoms with Gasteiger partial charge in [-0.05, 0) is 30.0 Å². The summed E-state index contributed by atoms with van der Waals surface area (Å²) in [6.45, 7) is 4.14. The van der Waals surface area contributed by atoms with E-state index in [1.807, 2.05) is 13.0 Å². The molecule has 0 aromatic heterocycles. The Morgan fingerprint density at radius 2 is 1.71 bits per heavy atom. The Morgan fingerprint density at radius 1 is 1.07 bits per heavy atom. The van der Waals surface area contributed by atoms with Gasteiger partial charge in [-0.3, -0.25) is 0 Å². The van der Waals surface area contributed by atoms with Crippen molar-refractivity contribution < 1.29 is 0 Å². The first-order valence-corrected chi connectivity index (χ1v) is 5.90. The molecule has 0 radical (unpaired) electrons. The van der Waals surface area contributed by atoms with Crippen molar-refractivity contribution >= 4 is 34.8 Å². The molecular weight excluding hydrogens is 238 g/mol. The molecule has 0 unspecified atom stereocenters. The van der Waals surface area contributed by atoms with Crippen LogP contribution in [-0.4, -0.2) is 0 Å². The maximum Gasteiger partial charge on any atom is 0.0639 e. The highest BCUT2D eigenvalue weighted by molar-refractivity contribution is 6.44. The molecule has 0 fully saturated rings. The normalized spacial score (nSPS) is 10.6. The van der Waals surface area contributed by atoms with E-state index in [0.29, 0.717) is 10.0 Å². The minimum atomic E-state index is 0.596. The summed E-state index contributed by atoms with van der Waals surface area (Å²) in [4.78, 5) is 0. The third-order valence-corrected chi connectivity index (χ3v) is 3.49. The topological polar surface area (TPSA) is 0 Å². The van der Waals surface area contributed by atoms with Gasteiger partial charge in [0.15, 0.2) is 0 Å². The van der Waals surface area contributed by atoms with Crippen LogP contribution in [0, 0.1) is 0 Å². The summed E-state index contributed by atoms with van der Waals surface area (Å²) in [7, 11) is 0. The van der Waals surface area contributed by atoms with Gasteiger partial charge in [0, 0.05) is 5.02 Å². The highest BCUT2D eigenvalue weighted by Gasteiger charge is 2.12. The number of benzene rings is 1. The van der Waals surface area contributed by atoms with Gasteiger partial charge in [-0.2, -0.15) is 0 Å². The summed E-state index contributed by atoms with van der Waals surface area (Å²) in [6, 6.07) is 1.87. The van der Waals surface area contributed by atoms with Gasteiger partial charge >= 0.3 is 0 Å². The predicted molar refractivity (Wildman–Crippen MR) is 64.8 cm³/mol. The van der Waals surface area contributed by atoms with Crippen molar-refractivity contribution in [2.75, 3.05) is 0 Å². The number of halogens is 3. The second kappa shape index (κ2) is 5.25. The van der Waals surface area contributed by atoms with Crippen LogP contribution in [0.1, 0.15) is 31.4 Å². The molecule has 1 aromatic carbocycles. The molecule has 0 amide bonds. The zero-order valence-corrected chi connectivity index (χ0v) is 10.6. The average molecular weight is 252 g/mol. The highest BCUT2D eigenvalue weighted by Crippen LogP contribution is 2.35. The molecule has 0 saturated heterocycles. The largest absolute Gasteiger partial charge is 0.0837 e. The van der Waals surface area contributed by atoms with Gasteiger partial charge in [0.05, 0.1) is 10.0 Å². The molecule has 0 nitrogen and oxygen atoms in total. The third kappa shape index (κ3) is 2.36. The first kappa shape index (κ1) is 12.2. The van der Waals surface area contributed by atoms with Gasteiger partial charge in [0.25, 0.3) is 0 Å². The van der Waals surface area contributed by atoms with Crippen LogP contribution in [-0.2, 0) is 12.8 Å². The highest BCUT2D eigenvalue weighted by atomic mass is 35.5. The van der Waals surface area contributed by atoms with Crippen LogP contribution < -0.4 is 0 Å². The van der Waals surface area contributed by atoms with Gasteiger partial charge < -0.3 is 0 Å². The summed E-state index contributed by atoms with van der Waals surface area (Å²) in [6.07, 6.45) is 2.82. The molecule has 0 saturated carbocycles. The summed E-state index contributed by atoms with van der Waals surface area (Å²) in [5.41, 5.74) is 2.06. The maximum atomic E-state index is 6.22. The Labute approximate surface area is 100 Å². The van der Waals surface area contributed by atoms with Crippen LogP contribution in [0.25, 0.3) is 0 Å². The second-order valence-electron chi connectivity index (χ2n) is 3.23. The van der Waals surface area contributed by atoms with E-state index in [4.69, 9.17) is 34.8 Å². The van der Waals surface area contributed by atoms with Crippen LogP contribution in [0.3, 0.4) is 0 Å². The van der Waals surface area contributed by atoms with Crippen LogP contribution >= 0.6 is 34.8 Å². The summed E-state index contributed by atoms with van der Waals surface area (Å²) >= 11 is 18.3. The van der Waals surface area contributed by atoms with E-state index in [1.165, 1.54) is 0 Å². The smallest absolute Gasteiger partial charge is 0.0639 e. The number of aryl methyl sites for hydroxylation is 1. The van der Waals surface area contributed by atoms with Crippen LogP contribution in [0.15, 0.2) is 6.07 Å². The van der Waals surface area contributed by atoms with Gasteiger partial charge in [0.2, 0.25) is 0 Å². The molecule has 1 rings (SSSR count). The van der Waals surface area contributed by atoms with E-state index in [9.17, 15) is 0 Å². The Kier molecular flexibility index (Phi) is 4.56. The predicted octanol–water partition coefficient (Wildman–Crippen LogP) is 5.16. The van der Waals surface area contributed by atoms with Crippen molar-refractivity contribution in [2.45, 2.75) is 33.1 Å². The summed E-state index contributed by atoms with van der Waals surface area (Å²) in [5, 5.41) is 1.99. The second-order valence-corrected chi connectivity index (χ2v) is 4.39. The lowest BCUT2D eigenvalue weighted by Gasteiger charge is -2.11. The standard InChI is InChI=1S/C11H13Cl3/c1-3-5-7-6-9(12)11(14)8(4-2)10(7)13/h6H,3-5H2,1-2H3.